The molecule has 1 heterocycles. The molecule has 108 valence electrons. The number of carbonyl (C=O) groups is 2. The highest BCUT2D eigenvalue weighted by Gasteiger charge is 2.29. The summed E-state index contributed by atoms with van der Waals surface area (Å²) in [5.74, 6) is -0.0294. The van der Waals surface area contributed by atoms with Crippen molar-refractivity contribution in [1.29, 1.82) is 0 Å². The van der Waals surface area contributed by atoms with Gasteiger partial charge in [-0.1, -0.05) is 6.92 Å². The molecule has 0 aliphatic carbocycles. The first kappa shape index (κ1) is 14.5. The molecule has 0 radical (unpaired) electrons. The molecule has 0 bridgehead atoms. The van der Waals surface area contributed by atoms with Crippen LogP contribution in [0.4, 0.5) is 11.4 Å². The third-order valence-electron chi connectivity index (χ3n) is 4.04. The Labute approximate surface area is 118 Å². The van der Waals surface area contributed by atoms with Gasteiger partial charge in [-0.2, -0.15) is 0 Å². The van der Waals surface area contributed by atoms with Crippen molar-refractivity contribution in [3.05, 3.63) is 23.8 Å². The Morgan fingerprint density at radius 1 is 1.45 bits per heavy atom. The highest BCUT2D eigenvalue weighted by atomic mass is 16.2. The molecular formula is C15H21N3O2. The molecule has 5 nitrogen and oxygen atoms in total. The number of benzene rings is 1. The average molecular weight is 275 g/mol. The van der Waals surface area contributed by atoms with E-state index in [1.54, 1.807) is 6.07 Å². The summed E-state index contributed by atoms with van der Waals surface area (Å²) in [6.07, 6.45) is 1.88. The summed E-state index contributed by atoms with van der Waals surface area (Å²) >= 11 is 0. The Bertz CT molecular complexity index is 536. The Morgan fingerprint density at radius 2 is 2.20 bits per heavy atom. The molecule has 4 N–H and O–H groups in total. The molecular weight excluding hydrogens is 254 g/mol. The number of anilines is 2. The van der Waals surface area contributed by atoms with Crippen molar-refractivity contribution in [2.45, 2.75) is 33.1 Å². The van der Waals surface area contributed by atoms with Crippen LogP contribution in [0.2, 0.25) is 0 Å². The smallest absolute Gasteiger partial charge is 0.231 e. The van der Waals surface area contributed by atoms with Gasteiger partial charge in [0.25, 0.3) is 0 Å². The van der Waals surface area contributed by atoms with Gasteiger partial charge < -0.3 is 16.4 Å². The summed E-state index contributed by atoms with van der Waals surface area (Å²) in [4.78, 5) is 23.6. The first-order chi connectivity index (χ1) is 9.48. The largest absolute Gasteiger partial charge is 0.329 e. The quantitative estimate of drug-likeness (QED) is 0.784. The van der Waals surface area contributed by atoms with Crippen LogP contribution in [0.5, 0.6) is 0 Å². The lowest BCUT2D eigenvalue weighted by Crippen LogP contribution is -2.39. The Balaban J connectivity index is 2.15. The second kappa shape index (κ2) is 5.63. The topological polar surface area (TPSA) is 84.2 Å². The Hall–Kier alpha value is -1.88. The Morgan fingerprint density at radius 3 is 2.85 bits per heavy atom. The van der Waals surface area contributed by atoms with Crippen molar-refractivity contribution in [3.8, 4) is 0 Å². The van der Waals surface area contributed by atoms with Crippen LogP contribution in [-0.2, 0) is 16.0 Å². The fraction of sp³-hybridized carbons (Fsp3) is 0.467. The van der Waals surface area contributed by atoms with E-state index in [2.05, 4.69) is 10.6 Å². The molecule has 1 aliphatic rings. The van der Waals surface area contributed by atoms with Crippen molar-refractivity contribution in [3.63, 3.8) is 0 Å². The molecule has 0 aromatic heterocycles. The monoisotopic (exact) mass is 275 g/mol. The maximum atomic E-state index is 12.3. The van der Waals surface area contributed by atoms with E-state index in [1.807, 2.05) is 26.0 Å². The van der Waals surface area contributed by atoms with Crippen molar-refractivity contribution in [2.75, 3.05) is 17.2 Å². The van der Waals surface area contributed by atoms with E-state index < -0.39 is 5.41 Å². The summed E-state index contributed by atoms with van der Waals surface area (Å²) < 4.78 is 0. The maximum Gasteiger partial charge on any atom is 0.231 e. The second-order valence-electron chi connectivity index (χ2n) is 5.49. The molecule has 2 amide bonds. The fourth-order valence-corrected chi connectivity index (χ4v) is 2.14. The average Bonchev–Trinajstić information content (AvgIpc) is 2.46. The van der Waals surface area contributed by atoms with Gasteiger partial charge in [0.15, 0.2) is 0 Å². The van der Waals surface area contributed by atoms with Gasteiger partial charge in [-0.15, -0.1) is 0 Å². The first-order valence-electron chi connectivity index (χ1n) is 6.93. The highest BCUT2D eigenvalue weighted by molar-refractivity contribution is 5.97. The lowest BCUT2D eigenvalue weighted by Gasteiger charge is -2.25. The van der Waals surface area contributed by atoms with Gasteiger partial charge in [0.2, 0.25) is 11.8 Å². The van der Waals surface area contributed by atoms with Crippen LogP contribution in [0.1, 0.15) is 32.3 Å². The van der Waals surface area contributed by atoms with Crippen LogP contribution in [0.25, 0.3) is 0 Å². The number of amides is 2. The zero-order valence-electron chi connectivity index (χ0n) is 12.0. The van der Waals surface area contributed by atoms with E-state index in [-0.39, 0.29) is 11.8 Å². The van der Waals surface area contributed by atoms with Crippen molar-refractivity contribution in [1.82, 2.24) is 0 Å². The van der Waals surface area contributed by atoms with E-state index in [0.717, 1.165) is 16.9 Å². The third-order valence-corrected chi connectivity index (χ3v) is 4.04. The molecule has 1 aromatic rings. The number of nitrogens with two attached hydrogens (primary N) is 1. The van der Waals surface area contributed by atoms with E-state index in [0.29, 0.717) is 25.8 Å². The molecule has 0 spiro atoms. The van der Waals surface area contributed by atoms with Gasteiger partial charge in [0.05, 0.1) is 5.41 Å². The molecule has 1 unspecified atom stereocenters. The lowest BCUT2D eigenvalue weighted by molar-refractivity contribution is -0.124. The normalized spacial score (nSPS) is 16.9. The zero-order chi connectivity index (χ0) is 14.8. The minimum Gasteiger partial charge on any atom is -0.329 e. The van der Waals surface area contributed by atoms with Gasteiger partial charge in [-0.25, -0.2) is 0 Å². The van der Waals surface area contributed by atoms with Crippen molar-refractivity contribution in [2.24, 2.45) is 11.1 Å². The van der Waals surface area contributed by atoms with Crippen LogP contribution in [0.15, 0.2) is 18.2 Å². The number of aryl methyl sites for hydroxylation is 1. The van der Waals surface area contributed by atoms with Crippen molar-refractivity contribution < 1.29 is 9.59 Å². The van der Waals surface area contributed by atoms with E-state index in [9.17, 15) is 9.59 Å². The molecule has 0 saturated heterocycles. The van der Waals surface area contributed by atoms with E-state index in [1.165, 1.54) is 0 Å². The molecule has 0 saturated carbocycles. The predicted octanol–water partition coefficient (Wildman–Crippen LogP) is 1.88. The number of fused-ring (bicyclic) bond motifs is 1. The SMILES string of the molecule is CCC(C)(CN)C(=O)Nc1ccc2c(c1)CCC(=O)N2. The van der Waals surface area contributed by atoms with Crippen LogP contribution < -0.4 is 16.4 Å². The maximum absolute atomic E-state index is 12.3. The number of rotatable bonds is 4. The summed E-state index contributed by atoms with van der Waals surface area (Å²) in [7, 11) is 0. The van der Waals surface area contributed by atoms with Gasteiger partial charge in [-0.05, 0) is 43.5 Å². The summed E-state index contributed by atoms with van der Waals surface area (Å²) in [5.41, 5.74) is 7.77. The lowest BCUT2D eigenvalue weighted by atomic mass is 9.86. The molecule has 1 aromatic carbocycles. The van der Waals surface area contributed by atoms with Gasteiger partial charge in [0.1, 0.15) is 0 Å². The molecule has 20 heavy (non-hydrogen) atoms. The highest BCUT2D eigenvalue weighted by Crippen LogP contribution is 2.27. The molecule has 1 aliphatic heterocycles. The van der Waals surface area contributed by atoms with Crippen LogP contribution in [-0.4, -0.2) is 18.4 Å². The molecule has 1 atom stereocenters. The van der Waals surface area contributed by atoms with Gasteiger partial charge in [-0.3, -0.25) is 9.59 Å². The summed E-state index contributed by atoms with van der Waals surface area (Å²) in [6, 6.07) is 5.54. The first-order valence-corrected chi connectivity index (χ1v) is 6.93. The minimum absolute atomic E-state index is 0.0379. The third kappa shape index (κ3) is 2.82. The minimum atomic E-state index is -0.551. The van der Waals surface area contributed by atoms with Crippen LogP contribution in [0.3, 0.4) is 0 Å². The van der Waals surface area contributed by atoms with Crippen LogP contribution in [0, 0.1) is 5.41 Å². The molecule has 5 heteroatoms. The Kier molecular flexibility index (Phi) is 4.09. The molecule has 0 fully saturated rings. The van der Waals surface area contributed by atoms with Crippen LogP contribution >= 0.6 is 0 Å². The standard InChI is InChI=1S/C15H21N3O2/c1-3-15(2,9-16)14(20)17-11-5-6-12-10(8-11)4-7-13(19)18-12/h5-6,8H,3-4,7,9,16H2,1-2H3,(H,17,20)(H,18,19). The fourth-order valence-electron chi connectivity index (χ4n) is 2.14. The molecule has 2 rings (SSSR count). The number of hydrogen-bond acceptors (Lipinski definition) is 3. The number of hydrogen-bond donors (Lipinski definition) is 3. The summed E-state index contributed by atoms with van der Waals surface area (Å²) in [6.45, 7) is 4.13. The number of nitrogens with one attached hydrogen (secondary N) is 2. The van der Waals surface area contributed by atoms with Crippen molar-refractivity contribution >= 4 is 23.2 Å². The van der Waals surface area contributed by atoms with Gasteiger partial charge >= 0.3 is 0 Å². The van der Waals surface area contributed by atoms with E-state index >= 15 is 0 Å². The second-order valence-corrected chi connectivity index (χ2v) is 5.49. The predicted molar refractivity (Wildman–Crippen MR) is 79.5 cm³/mol. The number of carbonyl (C=O) groups excluding carboxylic acids is 2. The van der Waals surface area contributed by atoms with E-state index in [4.69, 9.17) is 5.73 Å². The summed E-state index contributed by atoms with van der Waals surface area (Å²) in [5, 5.41) is 5.74. The zero-order valence-corrected chi connectivity index (χ0v) is 12.0. The van der Waals surface area contributed by atoms with Gasteiger partial charge in [0, 0.05) is 24.3 Å².